The van der Waals surface area contributed by atoms with E-state index in [2.05, 4.69) is 21.3 Å². The lowest BCUT2D eigenvalue weighted by Crippen LogP contribution is -2.55. The van der Waals surface area contributed by atoms with Crippen LogP contribution in [0, 0.1) is 0 Å². The average molecular weight is 465 g/mol. The maximum absolute atomic E-state index is 12.9. The van der Waals surface area contributed by atoms with E-state index in [9.17, 15) is 24.3 Å². The Hall–Kier alpha value is -3.18. The van der Waals surface area contributed by atoms with Crippen molar-refractivity contribution in [2.24, 2.45) is 0 Å². The summed E-state index contributed by atoms with van der Waals surface area (Å²) < 4.78 is 10.6. The SMILES string of the molecule is COCCCNC(=O)[C@@H]1CC(=O)N[C@@H]([C@@H](C)O)C(=O)NCCCOc2ccccc2C(=O)N1. The zero-order valence-electron chi connectivity index (χ0n) is 18.9. The van der Waals surface area contributed by atoms with Crippen LogP contribution in [0.2, 0.25) is 0 Å². The lowest BCUT2D eigenvalue weighted by atomic mass is 10.1. The number of hydrogen-bond acceptors (Lipinski definition) is 7. The maximum atomic E-state index is 12.9. The first-order valence-electron chi connectivity index (χ1n) is 10.9. The molecule has 0 aromatic heterocycles. The summed E-state index contributed by atoms with van der Waals surface area (Å²) in [5.74, 6) is -2.05. The van der Waals surface area contributed by atoms with Crippen LogP contribution in [0.3, 0.4) is 0 Å². The monoisotopic (exact) mass is 464 g/mol. The van der Waals surface area contributed by atoms with Gasteiger partial charge in [-0.3, -0.25) is 19.2 Å². The Bertz CT molecular complexity index is 831. The first-order valence-corrected chi connectivity index (χ1v) is 10.9. The summed E-state index contributed by atoms with van der Waals surface area (Å²) >= 11 is 0. The number of benzene rings is 1. The number of aliphatic hydroxyl groups excluding tert-OH is 1. The molecule has 0 bridgehead atoms. The van der Waals surface area contributed by atoms with Gasteiger partial charge in [-0.15, -0.1) is 0 Å². The smallest absolute Gasteiger partial charge is 0.255 e. The summed E-state index contributed by atoms with van der Waals surface area (Å²) in [7, 11) is 1.54. The lowest BCUT2D eigenvalue weighted by molar-refractivity contribution is -0.133. The molecule has 1 aliphatic heterocycles. The number of hydrogen-bond donors (Lipinski definition) is 5. The zero-order chi connectivity index (χ0) is 24.2. The molecule has 0 radical (unpaired) electrons. The fourth-order valence-corrected chi connectivity index (χ4v) is 3.18. The number of aliphatic hydroxyl groups is 1. The first-order chi connectivity index (χ1) is 15.8. The van der Waals surface area contributed by atoms with E-state index >= 15 is 0 Å². The second-order valence-electron chi connectivity index (χ2n) is 7.64. The summed E-state index contributed by atoms with van der Waals surface area (Å²) in [6.07, 6.45) is -0.604. The fraction of sp³-hybridized carbons (Fsp3) is 0.545. The van der Waals surface area contributed by atoms with E-state index < -0.39 is 48.2 Å². The van der Waals surface area contributed by atoms with Gasteiger partial charge in [-0.05, 0) is 31.9 Å². The molecule has 0 spiro atoms. The molecule has 182 valence electrons. The minimum absolute atomic E-state index is 0.218. The van der Waals surface area contributed by atoms with Crippen LogP contribution in [-0.2, 0) is 19.1 Å². The molecule has 1 aliphatic rings. The molecular weight excluding hydrogens is 432 g/mol. The van der Waals surface area contributed by atoms with E-state index in [1.807, 2.05) is 0 Å². The van der Waals surface area contributed by atoms with Crippen LogP contribution in [0.1, 0.15) is 36.5 Å². The molecule has 5 N–H and O–H groups in total. The Balaban J connectivity index is 2.26. The van der Waals surface area contributed by atoms with Crippen molar-refractivity contribution in [1.29, 1.82) is 0 Å². The van der Waals surface area contributed by atoms with E-state index in [1.165, 1.54) is 6.92 Å². The van der Waals surface area contributed by atoms with Crippen molar-refractivity contribution < 1.29 is 33.8 Å². The number of carbonyl (C=O) groups excluding carboxylic acids is 4. The van der Waals surface area contributed by atoms with Gasteiger partial charge in [-0.1, -0.05) is 12.1 Å². The Morgan fingerprint density at radius 3 is 2.76 bits per heavy atom. The second kappa shape index (κ2) is 13.4. The molecule has 4 amide bonds. The van der Waals surface area contributed by atoms with E-state index in [0.717, 1.165) is 0 Å². The number of nitrogens with one attached hydrogen (secondary N) is 4. The molecule has 1 aromatic carbocycles. The van der Waals surface area contributed by atoms with Gasteiger partial charge in [0.1, 0.15) is 17.8 Å². The third-order valence-electron chi connectivity index (χ3n) is 4.93. The highest BCUT2D eigenvalue weighted by Crippen LogP contribution is 2.18. The van der Waals surface area contributed by atoms with Crippen LogP contribution in [0.5, 0.6) is 5.75 Å². The molecular formula is C22H32N4O7. The van der Waals surface area contributed by atoms with Crippen molar-refractivity contribution in [3.8, 4) is 5.75 Å². The highest BCUT2D eigenvalue weighted by molar-refractivity contribution is 6.01. The number of fused-ring (bicyclic) bond motifs is 1. The van der Waals surface area contributed by atoms with Crippen LogP contribution in [-0.4, -0.2) is 80.3 Å². The maximum Gasteiger partial charge on any atom is 0.255 e. The molecule has 0 fully saturated rings. The minimum atomic E-state index is -1.21. The summed E-state index contributed by atoms with van der Waals surface area (Å²) in [4.78, 5) is 50.7. The van der Waals surface area contributed by atoms with Crippen LogP contribution < -0.4 is 26.0 Å². The zero-order valence-corrected chi connectivity index (χ0v) is 18.9. The highest BCUT2D eigenvalue weighted by Gasteiger charge is 2.30. The predicted octanol–water partition coefficient (Wildman–Crippen LogP) is -0.908. The van der Waals surface area contributed by atoms with Crippen LogP contribution in [0.15, 0.2) is 24.3 Å². The van der Waals surface area contributed by atoms with Crippen molar-refractivity contribution >= 4 is 23.6 Å². The van der Waals surface area contributed by atoms with Crippen molar-refractivity contribution in [3.05, 3.63) is 29.8 Å². The highest BCUT2D eigenvalue weighted by atomic mass is 16.5. The number of rotatable bonds is 6. The Morgan fingerprint density at radius 1 is 1.27 bits per heavy atom. The number of para-hydroxylation sites is 1. The average Bonchev–Trinajstić information content (AvgIpc) is 2.79. The quantitative estimate of drug-likeness (QED) is 0.342. The molecule has 0 unspecified atom stereocenters. The van der Waals surface area contributed by atoms with Crippen molar-refractivity contribution in [2.45, 2.75) is 44.4 Å². The van der Waals surface area contributed by atoms with Gasteiger partial charge in [0.15, 0.2) is 0 Å². The van der Waals surface area contributed by atoms with Crippen LogP contribution in [0.4, 0.5) is 0 Å². The molecule has 0 saturated carbocycles. The standard InChI is InChI=1S/C22H32N4O7/c1-14(27)19-22(31)24-10-6-12-33-17-8-4-3-7-15(17)20(29)25-16(13-18(28)26-19)21(30)23-9-5-11-32-2/h3-4,7-8,14,16,19,27H,5-6,9-13H2,1-2H3,(H,23,30)(H,24,31)(H,25,29)(H,26,28)/t14-,16+,19+/m1/s1. The lowest BCUT2D eigenvalue weighted by Gasteiger charge is -2.23. The molecule has 3 atom stereocenters. The van der Waals surface area contributed by atoms with Crippen LogP contribution >= 0.6 is 0 Å². The third kappa shape index (κ3) is 8.35. The summed E-state index contributed by atoms with van der Waals surface area (Å²) in [5, 5.41) is 20.3. The molecule has 11 heteroatoms. The van der Waals surface area contributed by atoms with E-state index in [-0.39, 0.29) is 18.7 Å². The van der Waals surface area contributed by atoms with E-state index in [4.69, 9.17) is 9.47 Å². The first kappa shape index (κ1) is 26.1. The van der Waals surface area contributed by atoms with Gasteiger partial charge in [-0.2, -0.15) is 0 Å². The van der Waals surface area contributed by atoms with E-state index in [1.54, 1.807) is 31.4 Å². The second-order valence-corrected chi connectivity index (χ2v) is 7.64. The van der Waals surface area contributed by atoms with E-state index in [0.29, 0.717) is 31.7 Å². The topological polar surface area (TPSA) is 155 Å². The molecule has 2 rings (SSSR count). The van der Waals surface area contributed by atoms with Gasteiger partial charge in [0.2, 0.25) is 17.7 Å². The molecule has 1 heterocycles. The summed E-state index contributed by atoms with van der Waals surface area (Å²) in [5.41, 5.74) is 0.218. The fourth-order valence-electron chi connectivity index (χ4n) is 3.18. The molecule has 0 saturated heterocycles. The summed E-state index contributed by atoms with van der Waals surface area (Å²) in [6, 6.07) is 4.14. The van der Waals surface area contributed by atoms with Gasteiger partial charge < -0.3 is 35.8 Å². The molecule has 1 aromatic rings. The Labute approximate surface area is 192 Å². The largest absolute Gasteiger partial charge is 0.493 e. The predicted molar refractivity (Wildman–Crippen MR) is 119 cm³/mol. The van der Waals surface area contributed by atoms with Gasteiger partial charge in [-0.25, -0.2) is 0 Å². The molecule has 0 aliphatic carbocycles. The van der Waals surface area contributed by atoms with Gasteiger partial charge >= 0.3 is 0 Å². The van der Waals surface area contributed by atoms with Crippen molar-refractivity contribution in [1.82, 2.24) is 21.3 Å². The summed E-state index contributed by atoms with van der Waals surface area (Å²) in [6.45, 7) is 2.57. The van der Waals surface area contributed by atoms with Crippen LogP contribution in [0.25, 0.3) is 0 Å². The van der Waals surface area contributed by atoms with Gasteiger partial charge in [0.25, 0.3) is 5.91 Å². The van der Waals surface area contributed by atoms with Crippen molar-refractivity contribution in [2.75, 3.05) is 33.4 Å². The third-order valence-corrected chi connectivity index (χ3v) is 4.93. The molecule has 33 heavy (non-hydrogen) atoms. The number of carbonyl (C=O) groups is 4. The van der Waals surface area contributed by atoms with Crippen molar-refractivity contribution in [3.63, 3.8) is 0 Å². The Morgan fingerprint density at radius 2 is 2.03 bits per heavy atom. The van der Waals surface area contributed by atoms with Gasteiger partial charge in [0, 0.05) is 26.8 Å². The Kier molecular flexibility index (Phi) is 10.6. The normalized spacial score (nSPS) is 21.1. The number of ether oxygens (including phenoxy) is 2. The minimum Gasteiger partial charge on any atom is -0.493 e. The number of methoxy groups -OCH3 is 1. The molecule has 11 nitrogen and oxygen atoms in total. The number of amides is 4. The van der Waals surface area contributed by atoms with Gasteiger partial charge in [0.05, 0.1) is 24.7 Å².